The van der Waals surface area contributed by atoms with E-state index in [4.69, 9.17) is 4.74 Å². The Morgan fingerprint density at radius 3 is 2.50 bits per heavy atom. The van der Waals surface area contributed by atoms with E-state index >= 15 is 0 Å². The van der Waals surface area contributed by atoms with Crippen molar-refractivity contribution in [2.24, 2.45) is 0 Å². The van der Waals surface area contributed by atoms with Crippen LogP contribution in [0.5, 0.6) is 11.5 Å². The second-order valence-corrected chi connectivity index (χ2v) is 4.77. The summed E-state index contributed by atoms with van der Waals surface area (Å²) in [5.74, 6) is 0.442. The molecule has 0 aliphatic rings. The maximum absolute atomic E-state index is 13.5. The molecule has 22 heavy (non-hydrogen) atoms. The van der Waals surface area contributed by atoms with E-state index in [0.717, 1.165) is 11.3 Å². The summed E-state index contributed by atoms with van der Waals surface area (Å²) in [5, 5.41) is 3.29. The number of hydrogen-bond donors (Lipinski definition) is 1. The van der Waals surface area contributed by atoms with Crippen LogP contribution in [0, 0.1) is 5.82 Å². The number of pyridine rings is 1. The molecule has 3 rings (SSSR count). The van der Waals surface area contributed by atoms with Crippen LogP contribution in [-0.2, 0) is 6.54 Å². The van der Waals surface area contributed by atoms with Gasteiger partial charge in [0.25, 0.3) is 0 Å². The second-order valence-electron chi connectivity index (χ2n) is 4.77. The number of rotatable bonds is 5. The molecular formula is C18H15FN2O. The quantitative estimate of drug-likeness (QED) is 0.745. The van der Waals surface area contributed by atoms with Gasteiger partial charge in [0.1, 0.15) is 5.75 Å². The monoisotopic (exact) mass is 294 g/mol. The fourth-order valence-corrected chi connectivity index (χ4v) is 2.00. The smallest absolute Gasteiger partial charge is 0.165 e. The van der Waals surface area contributed by atoms with Crippen molar-refractivity contribution in [3.05, 3.63) is 84.4 Å². The lowest BCUT2D eigenvalue weighted by Crippen LogP contribution is -1.99. The Morgan fingerprint density at radius 1 is 0.955 bits per heavy atom. The van der Waals surface area contributed by atoms with Crippen LogP contribution in [0.2, 0.25) is 0 Å². The second kappa shape index (κ2) is 6.72. The number of ether oxygens (including phenoxy) is 1. The Hall–Kier alpha value is -2.88. The Bertz CT molecular complexity index is 730. The molecule has 2 aromatic carbocycles. The lowest BCUT2D eigenvalue weighted by Gasteiger charge is -2.09. The van der Waals surface area contributed by atoms with Crippen LogP contribution in [0.1, 0.15) is 5.56 Å². The summed E-state index contributed by atoms with van der Waals surface area (Å²) < 4.78 is 19.0. The van der Waals surface area contributed by atoms with Crippen LogP contribution < -0.4 is 10.1 Å². The Labute approximate surface area is 128 Å². The number of halogens is 1. The first kappa shape index (κ1) is 14.1. The molecule has 1 heterocycles. The molecule has 0 aliphatic heterocycles. The van der Waals surface area contributed by atoms with Crippen LogP contribution in [0.15, 0.2) is 73.1 Å². The fraction of sp³-hybridized carbons (Fsp3) is 0.0556. The first-order valence-electron chi connectivity index (χ1n) is 6.96. The summed E-state index contributed by atoms with van der Waals surface area (Å²) in [5.41, 5.74) is 2.07. The highest BCUT2D eigenvalue weighted by Gasteiger charge is 2.03. The van der Waals surface area contributed by atoms with E-state index in [1.54, 1.807) is 36.5 Å². The molecule has 0 atom stereocenters. The largest absolute Gasteiger partial charge is 0.454 e. The molecule has 0 radical (unpaired) electrons. The van der Waals surface area contributed by atoms with E-state index in [-0.39, 0.29) is 11.6 Å². The minimum atomic E-state index is -0.374. The number of para-hydroxylation sites is 1. The van der Waals surface area contributed by atoms with Crippen molar-refractivity contribution < 1.29 is 9.13 Å². The van der Waals surface area contributed by atoms with Crippen LogP contribution >= 0.6 is 0 Å². The van der Waals surface area contributed by atoms with Crippen molar-refractivity contribution in [3.8, 4) is 11.5 Å². The molecule has 1 N–H and O–H groups in total. The molecule has 3 nitrogen and oxygen atoms in total. The van der Waals surface area contributed by atoms with Crippen molar-refractivity contribution in [3.63, 3.8) is 0 Å². The van der Waals surface area contributed by atoms with Gasteiger partial charge in [-0.2, -0.15) is 0 Å². The molecule has 0 fully saturated rings. The van der Waals surface area contributed by atoms with Crippen molar-refractivity contribution in [1.82, 2.24) is 4.98 Å². The molecule has 4 heteroatoms. The summed E-state index contributed by atoms with van der Waals surface area (Å²) in [6.45, 7) is 0.696. The minimum absolute atomic E-state index is 0.221. The third kappa shape index (κ3) is 3.61. The van der Waals surface area contributed by atoms with Gasteiger partial charge in [0, 0.05) is 24.6 Å². The lowest BCUT2D eigenvalue weighted by atomic mass is 10.2. The zero-order chi connectivity index (χ0) is 15.2. The zero-order valence-corrected chi connectivity index (χ0v) is 11.9. The highest BCUT2D eigenvalue weighted by Crippen LogP contribution is 2.25. The topological polar surface area (TPSA) is 34.1 Å². The van der Waals surface area contributed by atoms with Gasteiger partial charge >= 0.3 is 0 Å². The minimum Gasteiger partial charge on any atom is -0.454 e. The summed E-state index contributed by atoms with van der Waals surface area (Å²) in [7, 11) is 0. The highest BCUT2D eigenvalue weighted by atomic mass is 19.1. The summed E-state index contributed by atoms with van der Waals surface area (Å²) >= 11 is 0. The number of benzene rings is 2. The van der Waals surface area contributed by atoms with E-state index in [1.807, 2.05) is 30.5 Å². The van der Waals surface area contributed by atoms with Crippen molar-refractivity contribution in [1.29, 1.82) is 0 Å². The van der Waals surface area contributed by atoms with E-state index in [1.165, 1.54) is 6.07 Å². The molecule has 0 spiro atoms. The van der Waals surface area contributed by atoms with Gasteiger partial charge in [-0.3, -0.25) is 4.98 Å². The summed E-state index contributed by atoms with van der Waals surface area (Å²) in [6.07, 6.45) is 3.57. The standard InChI is InChI=1S/C18H15FN2O/c19-17-5-1-2-6-18(17)22-16-9-7-15(8-10-16)21-13-14-4-3-11-20-12-14/h1-12,21H,13H2. The molecule has 0 bridgehead atoms. The molecule has 110 valence electrons. The first-order valence-corrected chi connectivity index (χ1v) is 6.96. The molecular weight excluding hydrogens is 279 g/mol. The van der Waals surface area contributed by atoms with Gasteiger partial charge < -0.3 is 10.1 Å². The predicted molar refractivity (Wildman–Crippen MR) is 84.5 cm³/mol. The third-order valence-electron chi connectivity index (χ3n) is 3.14. The molecule has 0 saturated heterocycles. The molecule has 1 aromatic heterocycles. The van der Waals surface area contributed by atoms with Crippen molar-refractivity contribution >= 4 is 5.69 Å². The van der Waals surface area contributed by atoms with Gasteiger partial charge in [-0.15, -0.1) is 0 Å². The fourth-order valence-electron chi connectivity index (χ4n) is 2.00. The summed E-state index contributed by atoms with van der Waals surface area (Å²) in [6, 6.07) is 17.7. The third-order valence-corrected chi connectivity index (χ3v) is 3.14. The normalized spacial score (nSPS) is 10.2. The van der Waals surface area contributed by atoms with Gasteiger partial charge in [-0.05, 0) is 48.0 Å². The van der Waals surface area contributed by atoms with E-state index in [2.05, 4.69) is 10.3 Å². The molecule has 3 aromatic rings. The number of nitrogens with one attached hydrogen (secondary N) is 1. The van der Waals surface area contributed by atoms with E-state index in [9.17, 15) is 4.39 Å². The summed E-state index contributed by atoms with van der Waals surface area (Å²) in [4.78, 5) is 4.07. The van der Waals surface area contributed by atoms with Gasteiger partial charge in [0.2, 0.25) is 0 Å². The Morgan fingerprint density at radius 2 is 1.77 bits per heavy atom. The van der Waals surface area contributed by atoms with Crippen molar-refractivity contribution in [2.75, 3.05) is 5.32 Å². The Balaban J connectivity index is 1.62. The molecule has 0 unspecified atom stereocenters. The Kier molecular flexibility index (Phi) is 4.30. The average Bonchev–Trinajstić information content (AvgIpc) is 2.57. The molecule has 0 amide bonds. The van der Waals surface area contributed by atoms with Gasteiger partial charge in [0.15, 0.2) is 11.6 Å². The highest BCUT2D eigenvalue weighted by molar-refractivity contribution is 5.47. The zero-order valence-electron chi connectivity index (χ0n) is 11.9. The van der Waals surface area contributed by atoms with Gasteiger partial charge in [-0.25, -0.2) is 4.39 Å². The molecule has 0 saturated carbocycles. The maximum Gasteiger partial charge on any atom is 0.165 e. The van der Waals surface area contributed by atoms with Gasteiger partial charge in [-0.1, -0.05) is 18.2 Å². The van der Waals surface area contributed by atoms with Crippen LogP contribution in [-0.4, -0.2) is 4.98 Å². The van der Waals surface area contributed by atoms with Crippen molar-refractivity contribution in [2.45, 2.75) is 6.54 Å². The number of hydrogen-bond acceptors (Lipinski definition) is 3. The molecule has 0 aliphatic carbocycles. The van der Waals surface area contributed by atoms with Crippen LogP contribution in [0.4, 0.5) is 10.1 Å². The SMILES string of the molecule is Fc1ccccc1Oc1ccc(NCc2cccnc2)cc1. The predicted octanol–water partition coefficient (Wildman–Crippen LogP) is 4.63. The lowest BCUT2D eigenvalue weighted by molar-refractivity contribution is 0.442. The number of nitrogens with zero attached hydrogens (tertiary/aromatic N) is 1. The average molecular weight is 294 g/mol. The van der Waals surface area contributed by atoms with E-state index < -0.39 is 0 Å². The van der Waals surface area contributed by atoms with Crippen LogP contribution in [0.3, 0.4) is 0 Å². The van der Waals surface area contributed by atoms with Crippen LogP contribution in [0.25, 0.3) is 0 Å². The maximum atomic E-state index is 13.5. The first-order chi connectivity index (χ1) is 10.8. The number of aromatic nitrogens is 1. The van der Waals surface area contributed by atoms with Gasteiger partial charge in [0.05, 0.1) is 0 Å². The number of anilines is 1. The van der Waals surface area contributed by atoms with E-state index in [0.29, 0.717) is 12.3 Å².